The Morgan fingerprint density at radius 3 is 2.62 bits per heavy atom. The smallest absolute Gasteiger partial charge is 0.405 e. The average Bonchev–Trinajstić information content (AvgIpc) is 3.09. The molecule has 4 rings (SSSR count). The van der Waals surface area contributed by atoms with Crippen molar-refractivity contribution in [1.29, 1.82) is 0 Å². The second-order valence-electron chi connectivity index (χ2n) is 7.56. The van der Waals surface area contributed by atoms with Crippen LogP contribution >= 0.6 is 22.9 Å². The first-order valence-electron chi connectivity index (χ1n) is 9.28. The molecular formula is C20H21ClN4O3S. The van der Waals surface area contributed by atoms with Crippen molar-refractivity contribution in [3.63, 3.8) is 0 Å². The van der Waals surface area contributed by atoms with E-state index in [1.165, 1.54) is 11.3 Å². The summed E-state index contributed by atoms with van der Waals surface area (Å²) in [5, 5.41) is 14.7. The van der Waals surface area contributed by atoms with Gasteiger partial charge in [-0.15, -0.1) is 11.3 Å². The van der Waals surface area contributed by atoms with Crippen LogP contribution < -0.4 is 15.8 Å². The van der Waals surface area contributed by atoms with Gasteiger partial charge >= 0.3 is 6.09 Å². The standard InChI is InChI=1S/C20H21ClN4O3S/c1-20(23-19(27)28)7-9-25(10-8-20)18-22-16-15(17(26)24(18)2)13(11-29-16)12-5-3-4-6-14(12)21/h3-6,11,23H,7-10H2,1-2H3,(H,27,28). The van der Waals surface area contributed by atoms with Crippen LogP contribution in [0, 0.1) is 0 Å². The second kappa shape index (κ2) is 7.35. The van der Waals surface area contributed by atoms with Crippen LogP contribution in [0.4, 0.5) is 10.7 Å². The van der Waals surface area contributed by atoms with Crippen molar-refractivity contribution in [2.45, 2.75) is 25.3 Å². The summed E-state index contributed by atoms with van der Waals surface area (Å²) < 4.78 is 1.57. The normalized spacial score (nSPS) is 16.2. The number of hydrogen-bond acceptors (Lipinski definition) is 5. The van der Waals surface area contributed by atoms with Crippen LogP contribution in [0.25, 0.3) is 21.3 Å². The van der Waals surface area contributed by atoms with Crippen LogP contribution in [0.3, 0.4) is 0 Å². The van der Waals surface area contributed by atoms with Crippen LogP contribution in [-0.2, 0) is 7.05 Å². The maximum atomic E-state index is 13.2. The van der Waals surface area contributed by atoms with Crippen molar-refractivity contribution in [2.75, 3.05) is 18.0 Å². The summed E-state index contributed by atoms with van der Waals surface area (Å²) in [6.45, 7) is 3.14. The first-order valence-corrected chi connectivity index (χ1v) is 10.5. The third kappa shape index (κ3) is 3.58. The van der Waals surface area contributed by atoms with Gasteiger partial charge in [-0.3, -0.25) is 9.36 Å². The monoisotopic (exact) mass is 432 g/mol. The number of rotatable bonds is 3. The van der Waals surface area contributed by atoms with E-state index in [9.17, 15) is 9.59 Å². The lowest BCUT2D eigenvalue weighted by Gasteiger charge is -2.39. The number of piperidine rings is 1. The zero-order valence-corrected chi connectivity index (χ0v) is 17.7. The lowest BCUT2D eigenvalue weighted by Crippen LogP contribution is -2.53. The molecule has 1 amide bonds. The third-order valence-electron chi connectivity index (χ3n) is 5.51. The summed E-state index contributed by atoms with van der Waals surface area (Å²) >= 11 is 7.77. The number of nitrogens with one attached hydrogen (secondary N) is 1. The molecule has 7 nitrogen and oxygen atoms in total. The Hall–Kier alpha value is -2.58. The minimum absolute atomic E-state index is 0.113. The molecule has 2 N–H and O–H groups in total. The SMILES string of the molecule is Cn1c(N2CCC(C)(NC(=O)O)CC2)nc2scc(-c3ccccc3Cl)c2c1=O. The summed E-state index contributed by atoms with van der Waals surface area (Å²) in [5.74, 6) is 0.604. The van der Waals surface area contributed by atoms with E-state index in [4.69, 9.17) is 21.7 Å². The highest BCUT2D eigenvalue weighted by molar-refractivity contribution is 7.17. The van der Waals surface area contributed by atoms with Gasteiger partial charge in [0.15, 0.2) is 0 Å². The number of amides is 1. The van der Waals surface area contributed by atoms with Gasteiger partial charge < -0.3 is 15.3 Å². The minimum Gasteiger partial charge on any atom is -0.465 e. The molecule has 29 heavy (non-hydrogen) atoms. The van der Waals surface area contributed by atoms with E-state index in [1.807, 2.05) is 41.5 Å². The molecule has 0 bridgehead atoms. The Morgan fingerprint density at radius 2 is 1.97 bits per heavy atom. The Bertz CT molecular complexity index is 1150. The molecule has 0 saturated carbocycles. The highest BCUT2D eigenvalue weighted by atomic mass is 35.5. The maximum Gasteiger partial charge on any atom is 0.405 e. The molecule has 1 aromatic carbocycles. The fourth-order valence-corrected chi connectivity index (χ4v) is 4.97. The molecule has 0 aliphatic carbocycles. The lowest BCUT2D eigenvalue weighted by atomic mass is 9.90. The molecule has 1 fully saturated rings. The number of carboxylic acid groups (broad SMARTS) is 1. The van der Waals surface area contributed by atoms with E-state index in [2.05, 4.69) is 5.32 Å². The number of carbonyl (C=O) groups is 1. The predicted molar refractivity (Wildman–Crippen MR) is 116 cm³/mol. The van der Waals surface area contributed by atoms with Gasteiger partial charge in [0, 0.05) is 47.2 Å². The van der Waals surface area contributed by atoms with Gasteiger partial charge in [0.1, 0.15) is 4.83 Å². The lowest BCUT2D eigenvalue weighted by molar-refractivity contribution is 0.173. The number of anilines is 1. The Kier molecular flexibility index (Phi) is 5.00. The predicted octanol–water partition coefficient (Wildman–Crippen LogP) is 3.94. The van der Waals surface area contributed by atoms with E-state index < -0.39 is 11.6 Å². The van der Waals surface area contributed by atoms with E-state index >= 15 is 0 Å². The fourth-order valence-electron chi connectivity index (χ4n) is 3.81. The van der Waals surface area contributed by atoms with Crippen molar-refractivity contribution in [3.05, 3.63) is 45.0 Å². The fraction of sp³-hybridized carbons (Fsp3) is 0.350. The molecule has 3 aromatic rings. The van der Waals surface area contributed by atoms with E-state index in [-0.39, 0.29) is 5.56 Å². The summed E-state index contributed by atoms with van der Waals surface area (Å²) in [5.41, 5.74) is 1.04. The second-order valence-corrected chi connectivity index (χ2v) is 8.83. The number of thiophene rings is 1. The molecule has 152 valence electrons. The molecule has 0 radical (unpaired) electrons. The zero-order valence-electron chi connectivity index (χ0n) is 16.1. The molecule has 9 heteroatoms. The largest absolute Gasteiger partial charge is 0.465 e. The summed E-state index contributed by atoms with van der Waals surface area (Å²) in [6.07, 6.45) is 0.268. The average molecular weight is 433 g/mol. The van der Waals surface area contributed by atoms with Gasteiger partial charge in [0.25, 0.3) is 5.56 Å². The minimum atomic E-state index is -1.02. The summed E-state index contributed by atoms with van der Waals surface area (Å²) in [4.78, 5) is 31.7. The highest BCUT2D eigenvalue weighted by Gasteiger charge is 2.33. The molecule has 2 aromatic heterocycles. The molecule has 1 aliphatic rings. The van der Waals surface area contributed by atoms with Crippen molar-refractivity contribution in [3.8, 4) is 11.1 Å². The topological polar surface area (TPSA) is 87.5 Å². The van der Waals surface area contributed by atoms with Gasteiger partial charge in [-0.2, -0.15) is 0 Å². The quantitative estimate of drug-likeness (QED) is 0.654. The maximum absolute atomic E-state index is 13.2. The zero-order chi connectivity index (χ0) is 20.8. The van der Waals surface area contributed by atoms with E-state index in [0.717, 1.165) is 11.1 Å². The number of aromatic nitrogens is 2. The van der Waals surface area contributed by atoms with Crippen LogP contribution in [0.2, 0.25) is 5.02 Å². The first kappa shape index (κ1) is 19.7. The van der Waals surface area contributed by atoms with Crippen molar-refractivity contribution >= 4 is 45.2 Å². The van der Waals surface area contributed by atoms with E-state index in [1.54, 1.807) is 11.6 Å². The Balaban J connectivity index is 1.70. The van der Waals surface area contributed by atoms with E-state index in [0.29, 0.717) is 47.1 Å². The molecule has 1 saturated heterocycles. The van der Waals surface area contributed by atoms with Gasteiger partial charge in [-0.1, -0.05) is 29.8 Å². The molecule has 0 spiro atoms. The van der Waals surface area contributed by atoms with Crippen LogP contribution in [0.1, 0.15) is 19.8 Å². The van der Waals surface area contributed by atoms with Crippen LogP contribution in [0.5, 0.6) is 0 Å². The number of benzene rings is 1. The van der Waals surface area contributed by atoms with Crippen LogP contribution in [-0.4, -0.2) is 39.4 Å². The number of halogens is 1. The summed E-state index contributed by atoms with van der Waals surface area (Å²) in [6, 6.07) is 7.46. The molecule has 1 aliphatic heterocycles. The number of hydrogen-bond donors (Lipinski definition) is 2. The van der Waals surface area contributed by atoms with Gasteiger partial charge in [0.05, 0.1) is 5.39 Å². The van der Waals surface area contributed by atoms with Gasteiger partial charge in [0.2, 0.25) is 5.95 Å². The molecule has 0 unspecified atom stereocenters. The first-order chi connectivity index (χ1) is 13.8. The third-order valence-corrected chi connectivity index (χ3v) is 6.72. The Labute approximate surface area is 176 Å². The molecule has 0 atom stereocenters. The summed E-state index contributed by atoms with van der Waals surface area (Å²) in [7, 11) is 1.72. The molecular weight excluding hydrogens is 412 g/mol. The van der Waals surface area contributed by atoms with Crippen LogP contribution in [0.15, 0.2) is 34.4 Å². The molecule has 3 heterocycles. The van der Waals surface area contributed by atoms with Crippen molar-refractivity contribution < 1.29 is 9.90 Å². The number of nitrogens with zero attached hydrogens (tertiary/aromatic N) is 3. The van der Waals surface area contributed by atoms with Crippen molar-refractivity contribution in [2.24, 2.45) is 7.05 Å². The number of fused-ring (bicyclic) bond motifs is 1. The Morgan fingerprint density at radius 1 is 1.28 bits per heavy atom. The van der Waals surface area contributed by atoms with Crippen molar-refractivity contribution in [1.82, 2.24) is 14.9 Å². The van der Waals surface area contributed by atoms with Gasteiger partial charge in [-0.05, 0) is 25.8 Å². The van der Waals surface area contributed by atoms with Gasteiger partial charge in [-0.25, -0.2) is 9.78 Å². The highest BCUT2D eigenvalue weighted by Crippen LogP contribution is 2.36.